The molecule has 0 aliphatic rings. The fourth-order valence-electron chi connectivity index (χ4n) is 2.32. The lowest BCUT2D eigenvalue weighted by Gasteiger charge is -2.12. The van der Waals surface area contributed by atoms with Crippen molar-refractivity contribution in [3.8, 4) is 5.75 Å². The number of rotatable bonds is 9. The zero-order chi connectivity index (χ0) is 21.1. The van der Waals surface area contributed by atoms with Crippen LogP contribution in [-0.2, 0) is 25.7 Å². The van der Waals surface area contributed by atoms with Crippen LogP contribution in [0.4, 0.5) is 0 Å². The highest BCUT2D eigenvalue weighted by Gasteiger charge is 2.15. The Morgan fingerprint density at radius 2 is 1.72 bits per heavy atom. The number of carbonyl (C=O) groups excluding carboxylic acids is 3. The molecule has 0 saturated carbocycles. The Bertz CT molecular complexity index is 847. The Balaban J connectivity index is 1.70. The molecule has 29 heavy (non-hydrogen) atoms. The summed E-state index contributed by atoms with van der Waals surface area (Å²) in [5.74, 6) is -0.734. The average Bonchev–Trinajstić information content (AvgIpc) is 2.75. The third-order valence-corrected chi connectivity index (χ3v) is 3.94. The fourth-order valence-corrected chi connectivity index (χ4v) is 2.32. The van der Waals surface area contributed by atoms with Gasteiger partial charge in [-0.1, -0.05) is 42.5 Å². The van der Waals surface area contributed by atoms with E-state index in [2.05, 4.69) is 10.6 Å². The number of nitrogens with one attached hydrogen (secondary N) is 2. The number of ether oxygens (including phenoxy) is 2. The molecular weight excluding hydrogens is 372 g/mol. The van der Waals surface area contributed by atoms with Crippen molar-refractivity contribution in [2.75, 3.05) is 13.7 Å². The maximum absolute atomic E-state index is 12.0. The Kier molecular flexibility index (Phi) is 8.44. The summed E-state index contributed by atoms with van der Waals surface area (Å²) in [6.45, 7) is 1.40. The van der Waals surface area contributed by atoms with Crippen LogP contribution < -0.4 is 15.4 Å². The third-order valence-electron chi connectivity index (χ3n) is 3.94. The summed E-state index contributed by atoms with van der Waals surface area (Å²) >= 11 is 0. The molecule has 2 amide bonds. The van der Waals surface area contributed by atoms with Gasteiger partial charge in [0.15, 0.2) is 0 Å². The standard InChI is InChI=1S/C22H24N2O5/c1-16(24-20(25)13-10-17-8-11-19(28-2)12-9-17)22(27)23-14-21(26)29-15-18-6-4-3-5-7-18/h3-13,16H,14-15H2,1-2H3,(H,23,27)(H,24,25). The minimum atomic E-state index is -0.801. The third kappa shape index (κ3) is 7.88. The molecule has 0 aliphatic heterocycles. The first-order chi connectivity index (χ1) is 14.0. The number of benzene rings is 2. The van der Waals surface area contributed by atoms with E-state index in [4.69, 9.17) is 9.47 Å². The van der Waals surface area contributed by atoms with Crippen LogP contribution >= 0.6 is 0 Å². The number of carbonyl (C=O) groups is 3. The summed E-state index contributed by atoms with van der Waals surface area (Å²) in [6, 6.07) is 15.6. The van der Waals surface area contributed by atoms with Gasteiger partial charge in [-0.25, -0.2) is 0 Å². The van der Waals surface area contributed by atoms with Gasteiger partial charge in [0.05, 0.1) is 7.11 Å². The van der Waals surface area contributed by atoms with Crippen LogP contribution in [0.2, 0.25) is 0 Å². The Morgan fingerprint density at radius 3 is 2.38 bits per heavy atom. The summed E-state index contributed by atoms with van der Waals surface area (Å²) in [6.07, 6.45) is 2.96. The molecule has 0 aliphatic carbocycles. The van der Waals surface area contributed by atoms with E-state index < -0.39 is 23.8 Å². The first-order valence-electron chi connectivity index (χ1n) is 9.08. The van der Waals surface area contributed by atoms with E-state index >= 15 is 0 Å². The van der Waals surface area contributed by atoms with Gasteiger partial charge in [-0.05, 0) is 36.3 Å². The van der Waals surface area contributed by atoms with Gasteiger partial charge >= 0.3 is 5.97 Å². The van der Waals surface area contributed by atoms with Crippen molar-refractivity contribution in [3.05, 3.63) is 71.8 Å². The number of hydrogen-bond acceptors (Lipinski definition) is 5. The molecule has 2 aromatic carbocycles. The topological polar surface area (TPSA) is 93.7 Å². The van der Waals surface area contributed by atoms with Gasteiger partial charge in [0.1, 0.15) is 24.9 Å². The van der Waals surface area contributed by atoms with Gasteiger partial charge in [-0.3, -0.25) is 14.4 Å². The highest BCUT2D eigenvalue weighted by molar-refractivity contribution is 5.95. The van der Waals surface area contributed by atoms with Gasteiger partial charge in [-0.2, -0.15) is 0 Å². The minimum Gasteiger partial charge on any atom is -0.497 e. The van der Waals surface area contributed by atoms with E-state index in [0.29, 0.717) is 0 Å². The average molecular weight is 396 g/mol. The predicted molar refractivity (Wildman–Crippen MR) is 109 cm³/mol. The molecule has 0 heterocycles. The molecule has 0 aromatic heterocycles. The van der Waals surface area contributed by atoms with Gasteiger partial charge in [0.2, 0.25) is 11.8 Å². The molecule has 0 fully saturated rings. The van der Waals surface area contributed by atoms with Crippen molar-refractivity contribution in [2.45, 2.75) is 19.6 Å². The molecule has 7 heteroatoms. The zero-order valence-corrected chi connectivity index (χ0v) is 16.4. The normalized spacial score (nSPS) is 11.5. The molecule has 0 saturated heterocycles. The van der Waals surface area contributed by atoms with Gasteiger partial charge in [0.25, 0.3) is 0 Å². The van der Waals surface area contributed by atoms with E-state index in [0.717, 1.165) is 16.9 Å². The molecule has 0 radical (unpaired) electrons. The summed E-state index contributed by atoms with van der Waals surface area (Å²) < 4.78 is 10.2. The Morgan fingerprint density at radius 1 is 1.03 bits per heavy atom. The van der Waals surface area contributed by atoms with Gasteiger partial charge in [0, 0.05) is 6.08 Å². The van der Waals surface area contributed by atoms with Crippen molar-refractivity contribution in [2.24, 2.45) is 0 Å². The van der Waals surface area contributed by atoms with Crippen LogP contribution in [0.3, 0.4) is 0 Å². The van der Waals surface area contributed by atoms with Gasteiger partial charge < -0.3 is 20.1 Å². The van der Waals surface area contributed by atoms with Crippen molar-refractivity contribution in [1.29, 1.82) is 0 Å². The largest absolute Gasteiger partial charge is 0.497 e. The van der Waals surface area contributed by atoms with Crippen molar-refractivity contribution < 1.29 is 23.9 Å². The molecule has 0 bridgehead atoms. The molecule has 7 nitrogen and oxygen atoms in total. The molecule has 2 rings (SSSR count). The van der Waals surface area contributed by atoms with E-state index in [1.54, 1.807) is 37.5 Å². The number of esters is 1. The van der Waals surface area contributed by atoms with E-state index in [1.807, 2.05) is 30.3 Å². The summed E-state index contributed by atoms with van der Waals surface area (Å²) in [5, 5.41) is 4.98. The molecule has 1 atom stereocenters. The van der Waals surface area contributed by atoms with Crippen molar-refractivity contribution >= 4 is 23.9 Å². The predicted octanol–water partition coefficient (Wildman–Crippen LogP) is 2.07. The second kappa shape index (κ2) is 11.3. The van der Waals surface area contributed by atoms with Crippen LogP contribution in [0.25, 0.3) is 6.08 Å². The summed E-state index contributed by atoms with van der Waals surface area (Å²) in [7, 11) is 1.58. The number of amides is 2. The van der Waals surface area contributed by atoms with Crippen molar-refractivity contribution in [3.63, 3.8) is 0 Å². The Hall–Kier alpha value is -3.61. The van der Waals surface area contributed by atoms with E-state index in [1.165, 1.54) is 13.0 Å². The van der Waals surface area contributed by atoms with Crippen LogP contribution in [0.15, 0.2) is 60.7 Å². The lowest BCUT2D eigenvalue weighted by atomic mass is 10.2. The van der Waals surface area contributed by atoms with Crippen LogP contribution in [0.5, 0.6) is 5.75 Å². The molecular formula is C22H24N2O5. The highest BCUT2D eigenvalue weighted by atomic mass is 16.5. The first kappa shape index (κ1) is 21.7. The van der Waals surface area contributed by atoms with Crippen LogP contribution in [0, 0.1) is 0 Å². The molecule has 0 spiro atoms. The SMILES string of the molecule is COc1ccc(C=CC(=O)NC(C)C(=O)NCC(=O)OCc2ccccc2)cc1. The molecule has 1 unspecified atom stereocenters. The quantitative estimate of drug-likeness (QED) is 0.500. The fraction of sp³-hybridized carbons (Fsp3) is 0.227. The molecule has 152 valence electrons. The lowest BCUT2D eigenvalue weighted by molar-refractivity contribution is -0.145. The molecule has 2 N–H and O–H groups in total. The number of hydrogen-bond donors (Lipinski definition) is 2. The lowest BCUT2D eigenvalue weighted by Crippen LogP contribution is -2.45. The second-order valence-electron chi connectivity index (χ2n) is 6.20. The zero-order valence-electron chi connectivity index (χ0n) is 16.4. The molecule has 2 aromatic rings. The maximum Gasteiger partial charge on any atom is 0.325 e. The van der Waals surface area contributed by atoms with Crippen LogP contribution in [-0.4, -0.2) is 37.5 Å². The highest BCUT2D eigenvalue weighted by Crippen LogP contribution is 2.12. The van der Waals surface area contributed by atoms with Gasteiger partial charge in [-0.15, -0.1) is 0 Å². The van der Waals surface area contributed by atoms with Crippen molar-refractivity contribution in [1.82, 2.24) is 10.6 Å². The summed E-state index contributed by atoms with van der Waals surface area (Å²) in [5.41, 5.74) is 1.68. The second-order valence-corrected chi connectivity index (χ2v) is 6.20. The van der Waals surface area contributed by atoms with Crippen LogP contribution in [0.1, 0.15) is 18.1 Å². The Labute approximate surface area is 169 Å². The minimum absolute atomic E-state index is 0.137. The first-order valence-corrected chi connectivity index (χ1v) is 9.08. The number of methoxy groups -OCH3 is 1. The maximum atomic E-state index is 12.0. The van der Waals surface area contributed by atoms with E-state index in [9.17, 15) is 14.4 Å². The van der Waals surface area contributed by atoms with E-state index in [-0.39, 0.29) is 13.2 Å². The smallest absolute Gasteiger partial charge is 0.325 e. The monoisotopic (exact) mass is 396 g/mol. The summed E-state index contributed by atoms with van der Waals surface area (Å²) in [4.78, 5) is 35.7.